The van der Waals surface area contributed by atoms with Crippen LogP contribution in [0.1, 0.15) is 61.0 Å². The fourth-order valence-corrected chi connectivity index (χ4v) is 2.58. The Morgan fingerprint density at radius 3 is 2.27 bits per heavy atom. The van der Waals surface area contributed by atoms with E-state index in [0.29, 0.717) is 5.56 Å². The van der Waals surface area contributed by atoms with Crippen molar-refractivity contribution in [1.29, 1.82) is 0 Å². The van der Waals surface area contributed by atoms with E-state index >= 15 is 0 Å². The molecule has 26 heavy (non-hydrogen) atoms. The van der Waals surface area contributed by atoms with Gasteiger partial charge in [-0.3, -0.25) is 4.79 Å². The van der Waals surface area contributed by atoms with Crippen molar-refractivity contribution in [3.63, 3.8) is 0 Å². The van der Waals surface area contributed by atoms with Crippen molar-refractivity contribution in [3.05, 3.63) is 65.5 Å². The van der Waals surface area contributed by atoms with Gasteiger partial charge >= 0.3 is 0 Å². The second-order valence-electron chi connectivity index (χ2n) is 6.40. The Bertz CT molecular complexity index is 709. The van der Waals surface area contributed by atoms with Crippen LogP contribution in [0.3, 0.4) is 0 Å². The molecule has 0 spiro atoms. The molecule has 5 heteroatoms. The van der Waals surface area contributed by atoms with Gasteiger partial charge in [0.1, 0.15) is 7.05 Å². The predicted octanol–water partition coefficient (Wildman–Crippen LogP) is 0.792. The molecule has 1 heterocycles. The monoisotopic (exact) mass is 465 g/mol. The van der Waals surface area contributed by atoms with Gasteiger partial charge in [0.25, 0.3) is 5.91 Å². The molecule has 0 bridgehead atoms. The van der Waals surface area contributed by atoms with Crippen molar-refractivity contribution in [2.45, 2.75) is 46.0 Å². The Morgan fingerprint density at radius 2 is 1.65 bits per heavy atom. The van der Waals surface area contributed by atoms with Crippen LogP contribution in [0.2, 0.25) is 0 Å². The maximum atomic E-state index is 12.1. The molecule has 0 aliphatic carbocycles. The third kappa shape index (κ3) is 7.23. The molecule has 140 valence electrons. The van der Waals surface area contributed by atoms with E-state index in [9.17, 15) is 4.79 Å². The number of aromatic nitrogens is 1. The van der Waals surface area contributed by atoms with Crippen molar-refractivity contribution >= 4 is 11.6 Å². The lowest BCUT2D eigenvalue weighted by molar-refractivity contribution is -0.671. The molecule has 0 radical (unpaired) electrons. The van der Waals surface area contributed by atoms with Crippen molar-refractivity contribution in [2.24, 2.45) is 12.1 Å². The summed E-state index contributed by atoms with van der Waals surface area (Å²) in [5.41, 5.74) is 6.39. The largest absolute Gasteiger partial charge is 1.00 e. The average Bonchev–Trinajstić information content (AvgIpc) is 2.64. The summed E-state index contributed by atoms with van der Waals surface area (Å²) in [6, 6.07) is 12.0. The summed E-state index contributed by atoms with van der Waals surface area (Å²) in [5.74, 6) is -0.201. The minimum Gasteiger partial charge on any atom is -1.00 e. The smallest absolute Gasteiger partial charge is 0.271 e. The number of carbonyl (C=O) groups excluding carboxylic acids is 1. The van der Waals surface area contributed by atoms with E-state index < -0.39 is 0 Å². The number of hydrazone groups is 1. The molecule has 0 saturated carbocycles. The number of nitrogens with one attached hydrogen (secondary N) is 1. The Kier molecular flexibility index (Phi) is 10.1. The van der Waals surface area contributed by atoms with Crippen molar-refractivity contribution < 1.29 is 33.3 Å². The number of pyridine rings is 1. The van der Waals surface area contributed by atoms with Gasteiger partial charge in [0.2, 0.25) is 0 Å². The van der Waals surface area contributed by atoms with E-state index in [2.05, 4.69) is 41.7 Å². The minimum atomic E-state index is -0.201. The first-order valence-electron chi connectivity index (χ1n) is 8.99. The highest BCUT2D eigenvalue weighted by atomic mass is 127. The fourth-order valence-electron chi connectivity index (χ4n) is 2.58. The number of hydrogen-bond acceptors (Lipinski definition) is 2. The third-order valence-corrected chi connectivity index (χ3v) is 4.26. The topological polar surface area (TPSA) is 45.3 Å². The number of benzene rings is 1. The second kappa shape index (κ2) is 11.8. The van der Waals surface area contributed by atoms with Crippen LogP contribution in [0.25, 0.3) is 0 Å². The number of unbranched alkanes of at least 4 members (excludes halogenated alkanes) is 3. The van der Waals surface area contributed by atoms with Crippen molar-refractivity contribution in [1.82, 2.24) is 5.43 Å². The standard InChI is InChI=1S/C21H27N3O.HI/c1-4-5-6-7-8-18-9-11-19(12-10-18)17(2)22-23-21(25)20-13-15-24(3)16-14-20;/h9-16H,4-8H2,1-3H3;1H. The van der Waals surface area contributed by atoms with Crippen LogP contribution in [0.4, 0.5) is 0 Å². The van der Waals surface area contributed by atoms with Crippen LogP contribution >= 0.6 is 0 Å². The highest BCUT2D eigenvalue weighted by molar-refractivity contribution is 6.00. The molecule has 0 aliphatic heterocycles. The van der Waals surface area contributed by atoms with Gasteiger partial charge in [-0.1, -0.05) is 50.5 Å². The summed E-state index contributed by atoms with van der Waals surface area (Å²) in [6.45, 7) is 4.13. The van der Waals surface area contributed by atoms with Crippen LogP contribution < -0.4 is 34.0 Å². The zero-order valence-electron chi connectivity index (χ0n) is 15.8. The number of carbonyl (C=O) groups is 1. The molecular formula is C21H28IN3O. The molecule has 4 nitrogen and oxygen atoms in total. The number of rotatable bonds is 8. The fraction of sp³-hybridized carbons (Fsp3) is 0.381. The molecule has 1 aromatic heterocycles. The predicted molar refractivity (Wildman–Crippen MR) is 102 cm³/mol. The number of amides is 1. The third-order valence-electron chi connectivity index (χ3n) is 4.26. The van der Waals surface area contributed by atoms with E-state index in [4.69, 9.17) is 0 Å². The first-order chi connectivity index (χ1) is 12.1. The van der Waals surface area contributed by atoms with Crippen LogP contribution in [0.15, 0.2) is 53.9 Å². The summed E-state index contributed by atoms with van der Waals surface area (Å²) in [7, 11) is 1.91. The summed E-state index contributed by atoms with van der Waals surface area (Å²) < 4.78 is 1.88. The quantitative estimate of drug-likeness (QED) is 0.203. The van der Waals surface area contributed by atoms with Crippen LogP contribution in [-0.2, 0) is 13.5 Å². The first-order valence-corrected chi connectivity index (χ1v) is 8.99. The van der Waals surface area contributed by atoms with Crippen LogP contribution in [-0.4, -0.2) is 11.6 Å². The molecule has 2 rings (SSSR count). The SMILES string of the molecule is CCCCCCc1ccc(/C(C)=N/NC(=O)c2cc[n+](C)cc2)cc1.[I-]. The number of hydrogen-bond donors (Lipinski definition) is 1. The molecule has 1 aromatic carbocycles. The van der Waals surface area contributed by atoms with E-state index in [1.807, 2.05) is 30.9 Å². The van der Waals surface area contributed by atoms with Crippen molar-refractivity contribution in [3.8, 4) is 0 Å². The molecule has 0 unspecified atom stereocenters. The normalized spacial score (nSPS) is 11.0. The van der Waals surface area contributed by atoms with Crippen molar-refractivity contribution in [2.75, 3.05) is 0 Å². The Labute approximate surface area is 173 Å². The summed E-state index contributed by atoms with van der Waals surface area (Å²) in [6.07, 6.45) is 9.91. The summed E-state index contributed by atoms with van der Waals surface area (Å²) >= 11 is 0. The average molecular weight is 465 g/mol. The van der Waals surface area contributed by atoms with Crippen LogP contribution in [0.5, 0.6) is 0 Å². The Balaban J connectivity index is 0.00000338. The Hall–Kier alpha value is -1.76. The summed E-state index contributed by atoms with van der Waals surface area (Å²) in [4.78, 5) is 12.1. The van der Waals surface area contributed by atoms with Gasteiger partial charge < -0.3 is 24.0 Å². The molecule has 1 N–H and O–H groups in total. The highest BCUT2D eigenvalue weighted by Crippen LogP contribution is 2.10. The van der Waals surface area contributed by atoms with Gasteiger partial charge in [0.05, 0.1) is 11.3 Å². The maximum Gasteiger partial charge on any atom is 0.271 e. The van der Waals surface area contributed by atoms with Crippen LogP contribution in [0, 0.1) is 0 Å². The lowest BCUT2D eigenvalue weighted by Gasteiger charge is -2.05. The maximum absolute atomic E-state index is 12.1. The Morgan fingerprint density at radius 1 is 1.00 bits per heavy atom. The lowest BCUT2D eigenvalue weighted by Crippen LogP contribution is -3.00. The van der Waals surface area contributed by atoms with Gasteiger partial charge in [0.15, 0.2) is 12.4 Å². The number of nitrogens with zero attached hydrogens (tertiary/aromatic N) is 2. The highest BCUT2D eigenvalue weighted by Gasteiger charge is 2.06. The molecule has 0 atom stereocenters. The second-order valence-corrected chi connectivity index (χ2v) is 6.40. The summed E-state index contributed by atoms with van der Waals surface area (Å²) in [5, 5.41) is 4.22. The van der Waals surface area contributed by atoms with E-state index in [-0.39, 0.29) is 29.9 Å². The first kappa shape index (κ1) is 22.3. The van der Waals surface area contributed by atoms with Gasteiger partial charge in [0, 0.05) is 12.1 Å². The van der Waals surface area contributed by atoms with Gasteiger partial charge in [-0.25, -0.2) is 9.99 Å². The molecule has 1 amide bonds. The van der Waals surface area contributed by atoms with Gasteiger partial charge in [-0.2, -0.15) is 5.10 Å². The number of halogens is 1. The lowest BCUT2D eigenvalue weighted by atomic mass is 10.0. The molecule has 0 fully saturated rings. The molecule has 2 aromatic rings. The molecular weight excluding hydrogens is 437 g/mol. The molecule has 0 saturated heterocycles. The van der Waals surface area contributed by atoms with E-state index in [1.54, 1.807) is 12.1 Å². The van der Waals surface area contributed by atoms with E-state index in [1.165, 1.54) is 31.2 Å². The van der Waals surface area contributed by atoms with Gasteiger partial charge in [-0.05, 0) is 30.9 Å². The molecule has 0 aliphatic rings. The zero-order valence-corrected chi connectivity index (χ0v) is 18.0. The minimum absolute atomic E-state index is 0. The zero-order chi connectivity index (χ0) is 18.1. The van der Waals surface area contributed by atoms with Gasteiger partial charge in [-0.15, -0.1) is 0 Å². The van der Waals surface area contributed by atoms with E-state index in [0.717, 1.165) is 17.7 Å². The number of aryl methyl sites for hydroxylation is 2.